The molecule has 2 aliphatic rings. The molecule has 0 spiro atoms. The molecule has 3 aromatic rings. The zero-order valence-electron chi connectivity index (χ0n) is 16.8. The molecule has 0 aliphatic carbocycles. The van der Waals surface area contributed by atoms with Gasteiger partial charge in [-0.1, -0.05) is 54.6 Å². The minimum absolute atomic E-state index is 0.0643. The number of para-hydroxylation sites is 2. The number of anilines is 1. The Labute approximate surface area is 181 Å². The molecule has 1 amide bonds. The number of nitrogens with zero attached hydrogens (tertiary/aromatic N) is 2. The van der Waals surface area contributed by atoms with Gasteiger partial charge >= 0.3 is 0 Å². The first-order valence-electron chi connectivity index (χ1n) is 10.2. The summed E-state index contributed by atoms with van der Waals surface area (Å²) in [6.45, 7) is 1.02. The van der Waals surface area contributed by atoms with Crippen molar-refractivity contribution in [1.82, 2.24) is 4.90 Å². The number of benzene rings is 3. The summed E-state index contributed by atoms with van der Waals surface area (Å²) in [5.41, 5.74) is 2.81. The molecule has 0 radical (unpaired) electrons. The topological polar surface area (TPSA) is 66.9 Å². The molecule has 5 rings (SSSR count). The molecule has 0 bridgehead atoms. The number of sulfonamides is 1. The summed E-state index contributed by atoms with van der Waals surface area (Å²) in [5.74, 6) is 0.196. The number of hydrogen-bond acceptors (Lipinski definition) is 4. The molecule has 1 atom stereocenters. The molecule has 0 saturated heterocycles. The lowest BCUT2D eigenvalue weighted by Crippen LogP contribution is -2.52. The average Bonchev–Trinajstić information content (AvgIpc) is 2.83. The summed E-state index contributed by atoms with van der Waals surface area (Å²) in [6, 6.07) is 23.3. The predicted molar refractivity (Wildman–Crippen MR) is 117 cm³/mol. The Morgan fingerprint density at radius 1 is 0.871 bits per heavy atom. The van der Waals surface area contributed by atoms with E-state index in [2.05, 4.69) is 6.07 Å². The van der Waals surface area contributed by atoms with Crippen molar-refractivity contribution in [2.75, 3.05) is 17.4 Å². The van der Waals surface area contributed by atoms with Crippen molar-refractivity contribution >= 4 is 21.6 Å². The number of amides is 1. The van der Waals surface area contributed by atoms with Crippen LogP contribution in [0.25, 0.3) is 0 Å². The zero-order chi connectivity index (χ0) is 21.4. The third-order valence-corrected chi connectivity index (χ3v) is 7.58. The van der Waals surface area contributed by atoms with Crippen LogP contribution in [0.3, 0.4) is 0 Å². The SMILES string of the molecule is O=C(C1CN(S(=O)(=O)c2ccccc2)c2ccccc2O1)N1CCc2ccccc2C1. The van der Waals surface area contributed by atoms with Crippen molar-refractivity contribution in [1.29, 1.82) is 0 Å². The molecule has 2 aliphatic heterocycles. The number of hydrogen-bond donors (Lipinski definition) is 0. The summed E-state index contributed by atoms with van der Waals surface area (Å²) in [4.78, 5) is 15.3. The summed E-state index contributed by atoms with van der Waals surface area (Å²) < 4.78 is 34.1. The monoisotopic (exact) mass is 434 g/mol. The fraction of sp³-hybridized carbons (Fsp3) is 0.208. The lowest BCUT2D eigenvalue weighted by Gasteiger charge is -2.38. The van der Waals surface area contributed by atoms with E-state index in [9.17, 15) is 13.2 Å². The number of carbonyl (C=O) groups excluding carboxylic acids is 1. The molecule has 3 aromatic carbocycles. The van der Waals surface area contributed by atoms with Crippen molar-refractivity contribution in [3.8, 4) is 5.75 Å². The largest absolute Gasteiger partial charge is 0.476 e. The fourth-order valence-electron chi connectivity index (χ4n) is 4.17. The van der Waals surface area contributed by atoms with Crippen LogP contribution in [0.2, 0.25) is 0 Å². The van der Waals surface area contributed by atoms with Crippen molar-refractivity contribution < 1.29 is 17.9 Å². The molecule has 6 nitrogen and oxygen atoms in total. The molecule has 31 heavy (non-hydrogen) atoms. The second kappa shape index (κ2) is 7.74. The summed E-state index contributed by atoms with van der Waals surface area (Å²) in [7, 11) is -3.84. The van der Waals surface area contributed by atoms with Crippen LogP contribution in [0.15, 0.2) is 83.8 Å². The van der Waals surface area contributed by atoms with Gasteiger partial charge in [-0.25, -0.2) is 8.42 Å². The lowest BCUT2D eigenvalue weighted by atomic mass is 9.99. The Bertz CT molecular complexity index is 1230. The van der Waals surface area contributed by atoms with E-state index in [0.29, 0.717) is 24.5 Å². The highest BCUT2D eigenvalue weighted by atomic mass is 32.2. The van der Waals surface area contributed by atoms with E-state index >= 15 is 0 Å². The Hall–Kier alpha value is -3.32. The van der Waals surface area contributed by atoms with Crippen LogP contribution in [0, 0.1) is 0 Å². The van der Waals surface area contributed by atoms with E-state index < -0.39 is 16.1 Å². The van der Waals surface area contributed by atoms with Gasteiger partial charge in [0, 0.05) is 13.1 Å². The van der Waals surface area contributed by atoms with E-state index in [1.807, 2.05) is 18.2 Å². The fourth-order valence-corrected chi connectivity index (χ4v) is 5.66. The van der Waals surface area contributed by atoms with Gasteiger partial charge in [0.25, 0.3) is 15.9 Å². The summed E-state index contributed by atoms with van der Waals surface area (Å²) >= 11 is 0. The van der Waals surface area contributed by atoms with Gasteiger partial charge in [0.2, 0.25) is 0 Å². The van der Waals surface area contributed by atoms with Gasteiger partial charge < -0.3 is 9.64 Å². The smallest absolute Gasteiger partial charge is 0.265 e. The van der Waals surface area contributed by atoms with Crippen molar-refractivity contribution in [3.63, 3.8) is 0 Å². The van der Waals surface area contributed by atoms with Crippen LogP contribution in [-0.2, 0) is 27.8 Å². The quantitative estimate of drug-likeness (QED) is 0.635. The van der Waals surface area contributed by atoms with Crippen LogP contribution < -0.4 is 9.04 Å². The third-order valence-electron chi connectivity index (χ3n) is 5.78. The number of ether oxygens (including phenoxy) is 1. The van der Waals surface area contributed by atoms with E-state index in [-0.39, 0.29) is 17.3 Å². The highest BCUT2D eigenvalue weighted by Crippen LogP contribution is 2.37. The first kappa shape index (κ1) is 19.6. The molecule has 7 heteroatoms. The maximum atomic E-state index is 13.4. The van der Waals surface area contributed by atoms with Crippen LogP contribution in [0.4, 0.5) is 5.69 Å². The van der Waals surface area contributed by atoms with E-state index in [0.717, 1.165) is 12.0 Å². The maximum Gasteiger partial charge on any atom is 0.265 e. The minimum atomic E-state index is -3.84. The number of fused-ring (bicyclic) bond motifs is 2. The highest BCUT2D eigenvalue weighted by molar-refractivity contribution is 7.92. The standard InChI is InChI=1S/C24H22N2O4S/c27-24(25-15-14-18-8-4-5-9-19(18)16-25)23-17-26(21-12-6-7-13-22(21)30-23)31(28,29)20-10-2-1-3-11-20/h1-13,23H,14-17H2. The van der Waals surface area contributed by atoms with Crippen LogP contribution in [0.1, 0.15) is 11.1 Å². The second-order valence-electron chi connectivity index (χ2n) is 7.70. The Morgan fingerprint density at radius 3 is 2.35 bits per heavy atom. The van der Waals surface area contributed by atoms with Gasteiger partial charge in [-0.15, -0.1) is 0 Å². The Kier molecular flexibility index (Phi) is 4.90. The van der Waals surface area contributed by atoms with Crippen molar-refractivity contribution in [2.45, 2.75) is 24.0 Å². The van der Waals surface area contributed by atoms with E-state index in [1.54, 1.807) is 59.5 Å². The van der Waals surface area contributed by atoms with Gasteiger partial charge in [0.05, 0.1) is 17.1 Å². The van der Waals surface area contributed by atoms with E-state index in [4.69, 9.17) is 4.74 Å². The molecule has 0 saturated carbocycles. The molecule has 0 N–H and O–H groups in total. The summed E-state index contributed by atoms with van der Waals surface area (Å²) in [6.07, 6.45) is -0.129. The highest BCUT2D eigenvalue weighted by Gasteiger charge is 2.39. The van der Waals surface area contributed by atoms with Gasteiger partial charge in [0.1, 0.15) is 5.75 Å². The Balaban J connectivity index is 1.46. The van der Waals surface area contributed by atoms with Gasteiger partial charge in [-0.2, -0.15) is 0 Å². The normalized spacial score (nSPS) is 18.0. The van der Waals surface area contributed by atoms with Crippen molar-refractivity contribution in [3.05, 3.63) is 90.0 Å². The predicted octanol–water partition coefficient (Wildman–Crippen LogP) is 3.23. The van der Waals surface area contributed by atoms with Crippen LogP contribution in [-0.4, -0.2) is 38.4 Å². The Morgan fingerprint density at radius 2 is 1.55 bits per heavy atom. The van der Waals surface area contributed by atoms with Crippen molar-refractivity contribution in [2.24, 2.45) is 0 Å². The first-order valence-corrected chi connectivity index (χ1v) is 11.7. The zero-order valence-corrected chi connectivity index (χ0v) is 17.7. The molecule has 2 heterocycles. The number of rotatable bonds is 3. The van der Waals surface area contributed by atoms with Gasteiger partial charge in [0.15, 0.2) is 6.10 Å². The second-order valence-corrected chi connectivity index (χ2v) is 9.56. The van der Waals surface area contributed by atoms with Crippen LogP contribution in [0.5, 0.6) is 5.75 Å². The lowest BCUT2D eigenvalue weighted by molar-refractivity contribution is -0.139. The molecular weight excluding hydrogens is 412 g/mol. The molecule has 0 aromatic heterocycles. The third kappa shape index (κ3) is 3.55. The summed E-state index contributed by atoms with van der Waals surface area (Å²) in [5, 5.41) is 0. The number of carbonyl (C=O) groups is 1. The molecule has 1 unspecified atom stereocenters. The molecule has 0 fully saturated rings. The van der Waals surface area contributed by atoms with E-state index in [1.165, 1.54) is 9.87 Å². The van der Waals surface area contributed by atoms with Gasteiger partial charge in [-0.3, -0.25) is 9.10 Å². The average molecular weight is 435 g/mol. The minimum Gasteiger partial charge on any atom is -0.476 e. The molecule has 158 valence electrons. The first-order chi connectivity index (χ1) is 15.0. The maximum absolute atomic E-state index is 13.4. The van der Waals surface area contributed by atoms with Crippen LogP contribution >= 0.6 is 0 Å². The molecular formula is C24H22N2O4S. The van der Waals surface area contributed by atoms with Gasteiger partial charge in [-0.05, 0) is 41.8 Å².